The molecule has 0 aliphatic carbocycles. The van der Waals surface area contributed by atoms with E-state index >= 15 is 0 Å². The molecular weight excluding hydrogens is 188 g/mol. The Morgan fingerprint density at radius 1 is 1.33 bits per heavy atom. The zero-order chi connectivity index (χ0) is 11.3. The van der Waals surface area contributed by atoms with Gasteiger partial charge in [0.1, 0.15) is 0 Å². The van der Waals surface area contributed by atoms with Crippen LogP contribution in [0.2, 0.25) is 0 Å². The van der Waals surface area contributed by atoms with Crippen molar-refractivity contribution in [3.63, 3.8) is 0 Å². The van der Waals surface area contributed by atoms with Crippen LogP contribution in [0, 0.1) is 10.8 Å². The van der Waals surface area contributed by atoms with Crippen molar-refractivity contribution in [2.24, 2.45) is 10.8 Å². The van der Waals surface area contributed by atoms with Crippen molar-refractivity contribution in [2.75, 3.05) is 19.6 Å². The lowest BCUT2D eigenvalue weighted by molar-refractivity contribution is -0.139. The third-order valence-electron chi connectivity index (χ3n) is 3.78. The molecule has 2 saturated heterocycles. The molecule has 86 valence electrons. The first-order valence-electron chi connectivity index (χ1n) is 5.84. The molecule has 0 saturated carbocycles. The van der Waals surface area contributed by atoms with Crippen LogP contribution in [0.3, 0.4) is 0 Å². The van der Waals surface area contributed by atoms with E-state index in [0.717, 1.165) is 26.1 Å². The van der Waals surface area contributed by atoms with Crippen molar-refractivity contribution >= 4 is 5.91 Å². The summed E-state index contributed by atoms with van der Waals surface area (Å²) in [5.74, 6) is 0.303. The summed E-state index contributed by atoms with van der Waals surface area (Å²) in [4.78, 5) is 14.2. The van der Waals surface area contributed by atoms with E-state index < -0.39 is 0 Å². The third-order valence-corrected chi connectivity index (χ3v) is 3.78. The number of nitrogens with one attached hydrogen (secondary N) is 1. The molecular formula is C12H22N2O. The molecule has 0 aromatic rings. The zero-order valence-electron chi connectivity index (χ0n) is 10.3. The summed E-state index contributed by atoms with van der Waals surface area (Å²) in [7, 11) is 0. The minimum Gasteiger partial charge on any atom is -0.341 e. The summed E-state index contributed by atoms with van der Waals surface area (Å²) in [5.41, 5.74) is 0.452. The summed E-state index contributed by atoms with van der Waals surface area (Å²) >= 11 is 0. The predicted molar refractivity (Wildman–Crippen MR) is 60.5 cm³/mol. The Bertz CT molecular complexity index is 283. The number of nitrogens with zero attached hydrogens (tertiary/aromatic N) is 1. The molecule has 0 unspecified atom stereocenters. The largest absolute Gasteiger partial charge is 0.341 e. The van der Waals surface area contributed by atoms with Crippen LogP contribution in [0.15, 0.2) is 0 Å². The monoisotopic (exact) mass is 210 g/mol. The van der Waals surface area contributed by atoms with E-state index in [1.54, 1.807) is 0 Å². The van der Waals surface area contributed by atoms with Gasteiger partial charge >= 0.3 is 0 Å². The van der Waals surface area contributed by atoms with Gasteiger partial charge in [0.15, 0.2) is 0 Å². The molecule has 0 aromatic heterocycles. The van der Waals surface area contributed by atoms with Crippen LogP contribution < -0.4 is 5.32 Å². The van der Waals surface area contributed by atoms with Crippen molar-refractivity contribution in [3.8, 4) is 0 Å². The summed E-state index contributed by atoms with van der Waals surface area (Å²) < 4.78 is 0. The molecule has 0 spiro atoms. The average Bonchev–Trinajstić information content (AvgIpc) is 2.44. The van der Waals surface area contributed by atoms with E-state index in [9.17, 15) is 4.79 Å². The van der Waals surface area contributed by atoms with Crippen LogP contribution in [0.4, 0.5) is 0 Å². The van der Waals surface area contributed by atoms with Crippen LogP contribution in [0.1, 0.15) is 34.1 Å². The van der Waals surface area contributed by atoms with Crippen LogP contribution in [-0.4, -0.2) is 36.5 Å². The summed E-state index contributed by atoms with van der Waals surface area (Å²) in [6.45, 7) is 11.6. The number of amides is 1. The van der Waals surface area contributed by atoms with Gasteiger partial charge in [0, 0.05) is 25.0 Å². The van der Waals surface area contributed by atoms with Crippen LogP contribution in [-0.2, 0) is 4.79 Å². The standard InChI is InChI=1S/C12H22N2O/c1-11(2)5-6-14(8-11)10(15)9-12(3,4)7-13-9/h9,13H,5-8H2,1-4H3/t9-/m1/s1. The molecule has 3 heteroatoms. The number of carbonyl (C=O) groups excluding carboxylic acids is 1. The fourth-order valence-corrected chi connectivity index (χ4v) is 2.52. The lowest BCUT2D eigenvalue weighted by Gasteiger charge is -2.45. The summed E-state index contributed by atoms with van der Waals surface area (Å²) in [6.07, 6.45) is 1.13. The van der Waals surface area contributed by atoms with Gasteiger partial charge in [-0.1, -0.05) is 27.7 Å². The second-order valence-corrected chi connectivity index (χ2v) is 6.48. The maximum absolute atomic E-state index is 12.2. The van der Waals surface area contributed by atoms with Crippen molar-refractivity contribution in [1.82, 2.24) is 10.2 Å². The van der Waals surface area contributed by atoms with E-state index in [1.165, 1.54) is 0 Å². The molecule has 1 atom stereocenters. The highest BCUT2D eigenvalue weighted by molar-refractivity contribution is 5.84. The van der Waals surface area contributed by atoms with E-state index in [-0.39, 0.29) is 11.5 Å². The predicted octanol–water partition coefficient (Wildman–Crippen LogP) is 1.24. The fourth-order valence-electron chi connectivity index (χ4n) is 2.52. The Kier molecular flexibility index (Phi) is 2.34. The molecule has 1 amide bonds. The topological polar surface area (TPSA) is 32.3 Å². The normalized spacial score (nSPS) is 32.5. The lowest BCUT2D eigenvalue weighted by atomic mass is 9.76. The quantitative estimate of drug-likeness (QED) is 0.706. The van der Waals surface area contributed by atoms with E-state index in [0.29, 0.717) is 11.3 Å². The van der Waals surface area contributed by atoms with Crippen LogP contribution in [0.25, 0.3) is 0 Å². The molecule has 2 rings (SSSR count). The molecule has 2 aliphatic rings. The minimum atomic E-state index is 0.0476. The molecule has 3 nitrogen and oxygen atoms in total. The van der Waals surface area contributed by atoms with Crippen molar-refractivity contribution in [1.29, 1.82) is 0 Å². The van der Waals surface area contributed by atoms with Gasteiger partial charge in [0.05, 0.1) is 6.04 Å². The Morgan fingerprint density at radius 3 is 2.33 bits per heavy atom. The van der Waals surface area contributed by atoms with Gasteiger partial charge in [-0.05, 0) is 11.8 Å². The second-order valence-electron chi connectivity index (χ2n) is 6.48. The molecule has 15 heavy (non-hydrogen) atoms. The Morgan fingerprint density at radius 2 is 2.00 bits per heavy atom. The van der Waals surface area contributed by atoms with Crippen LogP contribution in [0.5, 0.6) is 0 Å². The highest BCUT2D eigenvalue weighted by Gasteiger charge is 2.46. The van der Waals surface area contributed by atoms with E-state index in [2.05, 4.69) is 33.0 Å². The number of carbonyl (C=O) groups is 1. The second kappa shape index (κ2) is 3.21. The van der Waals surface area contributed by atoms with Crippen molar-refractivity contribution < 1.29 is 4.79 Å². The van der Waals surface area contributed by atoms with E-state index in [1.807, 2.05) is 4.90 Å². The zero-order valence-corrected chi connectivity index (χ0v) is 10.3. The third kappa shape index (κ3) is 1.89. The SMILES string of the molecule is CC1(C)CCN(C(=O)[C@H]2NCC2(C)C)C1. The molecule has 0 radical (unpaired) electrons. The van der Waals surface area contributed by atoms with Gasteiger partial charge in [0.25, 0.3) is 0 Å². The number of hydrogen-bond donors (Lipinski definition) is 1. The molecule has 2 aliphatic heterocycles. The maximum Gasteiger partial charge on any atom is 0.240 e. The van der Waals surface area contributed by atoms with Gasteiger partial charge in [-0.15, -0.1) is 0 Å². The highest BCUT2D eigenvalue weighted by atomic mass is 16.2. The smallest absolute Gasteiger partial charge is 0.240 e. The van der Waals surface area contributed by atoms with Gasteiger partial charge in [-0.25, -0.2) is 0 Å². The first-order valence-corrected chi connectivity index (χ1v) is 5.84. The fraction of sp³-hybridized carbons (Fsp3) is 0.917. The summed E-state index contributed by atoms with van der Waals surface area (Å²) in [6, 6.07) is 0.0476. The van der Waals surface area contributed by atoms with E-state index in [4.69, 9.17) is 0 Å². The highest BCUT2D eigenvalue weighted by Crippen LogP contribution is 2.33. The van der Waals surface area contributed by atoms with Crippen LogP contribution >= 0.6 is 0 Å². The Labute approximate surface area is 92.2 Å². The average molecular weight is 210 g/mol. The van der Waals surface area contributed by atoms with Gasteiger partial charge in [0.2, 0.25) is 5.91 Å². The molecule has 0 aromatic carbocycles. The van der Waals surface area contributed by atoms with Crippen molar-refractivity contribution in [2.45, 2.75) is 40.2 Å². The number of rotatable bonds is 1. The Hall–Kier alpha value is -0.570. The van der Waals surface area contributed by atoms with Gasteiger partial charge in [-0.2, -0.15) is 0 Å². The lowest BCUT2D eigenvalue weighted by Crippen LogP contribution is -2.66. The number of likely N-dealkylation sites (tertiary alicyclic amines) is 1. The van der Waals surface area contributed by atoms with Gasteiger partial charge < -0.3 is 10.2 Å². The maximum atomic E-state index is 12.2. The van der Waals surface area contributed by atoms with Crippen molar-refractivity contribution in [3.05, 3.63) is 0 Å². The minimum absolute atomic E-state index is 0.0476. The molecule has 1 N–H and O–H groups in total. The number of hydrogen-bond acceptors (Lipinski definition) is 2. The first-order chi connectivity index (χ1) is 6.82. The molecule has 2 fully saturated rings. The summed E-state index contributed by atoms with van der Waals surface area (Å²) in [5, 5.41) is 3.25. The molecule has 0 bridgehead atoms. The Balaban J connectivity index is 1.98. The van der Waals surface area contributed by atoms with Gasteiger partial charge in [-0.3, -0.25) is 4.79 Å². The molecule has 2 heterocycles. The first kappa shape index (κ1) is 10.9.